The molecule has 1 saturated heterocycles. The number of hydrogen-bond acceptors (Lipinski definition) is 3. The molecule has 172 valence electrons. The Morgan fingerprint density at radius 2 is 1.87 bits per heavy atom. The molecule has 0 bridgehead atoms. The third-order valence-electron chi connectivity index (χ3n) is 4.74. The minimum atomic E-state index is -4.30. The first-order chi connectivity index (χ1) is 14.0. The molecule has 0 aromatic heterocycles. The summed E-state index contributed by atoms with van der Waals surface area (Å²) in [5, 5.41) is 6.39. The molecule has 0 aliphatic carbocycles. The molecule has 1 heterocycles. The molecule has 1 aliphatic rings. The minimum absolute atomic E-state index is 0. The van der Waals surface area contributed by atoms with Gasteiger partial charge in [0, 0.05) is 46.1 Å². The lowest BCUT2D eigenvalue weighted by atomic mass is 10.0. The molecule has 1 aromatic rings. The molecule has 9 heteroatoms. The summed E-state index contributed by atoms with van der Waals surface area (Å²) in [4.78, 5) is 4.52. The molecule has 1 fully saturated rings. The molecular formula is C21H33F3IN3O2. The van der Waals surface area contributed by atoms with Crippen LogP contribution in [0.15, 0.2) is 29.3 Å². The molecule has 0 spiro atoms. The number of nitrogens with one attached hydrogen (secondary N) is 2. The van der Waals surface area contributed by atoms with Crippen LogP contribution >= 0.6 is 24.0 Å². The first kappa shape index (κ1) is 27.0. The van der Waals surface area contributed by atoms with E-state index in [0.29, 0.717) is 38.0 Å². The molecule has 30 heavy (non-hydrogen) atoms. The Balaban J connectivity index is 0.00000450. The summed E-state index contributed by atoms with van der Waals surface area (Å²) >= 11 is 0. The Labute approximate surface area is 194 Å². The highest BCUT2D eigenvalue weighted by Gasteiger charge is 2.29. The summed E-state index contributed by atoms with van der Waals surface area (Å²) in [5.41, 5.74) is 0.228. The third-order valence-corrected chi connectivity index (χ3v) is 4.74. The van der Waals surface area contributed by atoms with Crippen molar-refractivity contribution in [2.24, 2.45) is 10.9 Å². The zero-order chi connectivity index (χ0) is 21.0. The number of alkyl halides is 3. The van der Waals surface area contributed by atoms with Crippen molar-refractivity contribution in [3.05, 3.63) is 35.4 Å². The van der Waals surface area contributed by atoms with Crippen LogP contribution in [0.2, 0.25) is 0 Å². The van der Waals surface area contributed by atoms with Crippen LogP contribution in [0.4, 0.5) is 13.2 Å². The maximum Gasteiger partial charge on any atom is 0.416 e. The van der Waals surface area contributed by atoms with Gasteiger partial charge in [-0.15, -0.1) is 24.0 Å². The van der Waals surface area contributed by atoms with E-state index < -0.39 is 11.7 Å². The van der Waals surface area contributed by atoms with Gasteiger partial charge in [0.05, 0.1) is 5.56 Å². The van der Waals surface area contributed by atoms with Crippen molar-refractivity contribution in [2.75, 3.05) is 46.1 Å². The standard InChI is InChI=1S/C21H32F3N3O2.HI/c1-2-25-20(26-11-3-13-29-16-18-9-14-28-15-10-18)27-12-8-17-4-6-19(7-5-17)21(22,23)24;/h4-7,18H,2-3,8-16H2,1H3,(H2,25,26,27);1H. The topological polar surface area (TPSA) is 54.9 Å². The normalized spacial score (nSPS) is 15.5. The van der Waals surface area contributed by atoms with Crippen LogP contribution in [-0.4, -0.2) is 52.0 Å². The summed E-state index contributed by atoms with van der Waals surface area (Å²) in [5.74, 6) is 1.32. The van der Waals surface area contributed by atoms with Crippen LogP contribution in [0.25, 0.3) is 0 Å². The van der Waals surface area contributed by atoms with Gasteiger partial charge < -0.3 is 20.1 Å². The molecule has 0 saturated carbocycles. The minimum Gasteiger partial charge on any atom is -0.381 e. The second-order valence-corrected chi connectivity index (χ2v) is 7.12. The van der Waals surface area contributed by atoms with E-state index in [0.717, 1.165) is 63.3 Å². The lowest BCUT2D eigenvalue weighted by Gasteiger charge is -2.21. The molecule has 0 atom stereocenters. The first-order valence-electron chi connectivity index (χ1n) is 10.3. The SMILES string of the molecule is CCNC(=NCCCOCC1CCOCC1)NCCc1ccc(C(F)(F)F)cc1.I. The smallest absolute Gasteiger partial charge is 0.381 e. The number of hydrogen-bond donors (Lipinski definition) is 2. The van der Waals surface area contributed by atoms with Crippen molar-refractivity contribution >= 4 is 29.9 Å². The molecule has 2 N–H and O–H groups in total. The number of benzene rings is 1. The summed E-state index contributed by atoms with van der Waals surface area (Å²) in [6.07, 6.45) is -0.678. The molecule has 1 aromatic carbocycles. The fourth-order valence-corrected chi connectivity index (χ4v) is 3.05. The monoisotopic (exact) mass is 543 g/mol. The summed E-state index contributed by atoms with van der Waals surface area (Å²) < 4.78 is 48.9. The Morgan fingerprint density at radius 1 is 1.17 bits per heavy atom. The van der Waals surface area contributed by atoms with Gasteiger partial charge in [-0.2, -0.15) is 13.2 Å². The van der Waals surface area contributed by atoms with E-state index in [2.05, 4.69) is 15.6 Å². The van der Waals surface area contributed by atoms with Gasteiger partial charge in [-0.25, -0.2) is 0 Å². The average Bonchev–Trinajstić information content (AvgIpc) is 2.71. The molecular weight excluding hydrogens is 510 g/mol. The Kier molecular flexibility index (Phi) is 13.3. The van der Waals surface area contributed by atoms with Crippen molar-refractivity contribution in [3.8, 4) is 0 Å². The van der Waals surface area contributed by atoms with Crippen LogP contribution in [0, 0.1) is 5.92 Å². The third kappa shape index (κ3) is 10.8. The zero-order valence-corrected chi connectivity index (χ0v) is 19.8. The van der Waals surface area contributed by atoms with Gasteiger partial charge in [0.2, 0.25) is 0 Å². The number of aliphatic imine (C=N–C) groups is 1. The van der Waals surface area contributed by atoms with Crippen molar-refractivity contribution in [1.29, 1.82) is 0 Å². The van der Waals surface area contributed by atoms with E-state index in [-0.39, 0.29) is 24.0 Å². The lowest BCUT2D eigenvalue weighted by molar-refractivity contribution is -0.137. The van der Waals surface area contributed by atoms with Crippen LogP contribution in [0.5, 0.6) is 0 Å². The predicted molar refractivity (Wildman–Crippen MR) is 124 cm³/mol. The van der Waals surface area contributed by atoms with Crippen molar-refractivity contribution in [1.82, 2.24) is 10.6 Å². The summed E-state index contributed by atoms with van der Waals surface area (Å²) in [6.45, 7) is 7.13. The average molecular weight is 543 g/mol. The maximum atomic E-state index is 12.6. The van der Waals surface area contributed by atoms with Crippen molar-refractivity contribution < 1.29 is 22.6 Å². The van der Waals surface area contributed by atoms with Crippen molar-refractivity contribution in [3.63, 3.8) is 0 Å². The molecule has 0 radical (unpaired) electrons. The number of rotatable bonds is 10. The van der Waals surface area contributed by atoms with Gasteiger partial charge in [0.1, 0.15) is 0 Å². The molecule has 2 rings (SSSR count). The highest BCUT2D eigenvalue weighted by molar-refractivity contribution is 14.0. The highest BCUT2D eigenvalue weighted by atomic mass is 127. The van der Waals surface area contributed by atoms with Gasteiger partial charge in [-0.05, 0) is 56.2 Å². The largest absolute Gasteiger partial charge is 0.416 e. The quantitative estimate of drug-likeness (QED) is 0.201. The number of ether oxygens (including phenoxy) is 2. The van der Waals surface area contributed by atoms with E-state index in [9.17, 15) is 13.2 Å². The van der Waals surface area contributed by atoms with E-state index in [1.165, 1.54) is 12.1 Å². The lowest BCUT2D eigenvalue weighted by Crippen LogP contribution is -2.38. The molecule has 0 amide bonds. The first-order valence-corrected chi connectivity index (χ1v) is 10.3. The van der Waals surface area contributed by atoms with Crippen LogP contribution in [0.3, 0.4) is 0 Å². The van der Waals surface area contributed by atoms with E-state index >= 15 is 0 Å². The van der Waals surface area contributed by atoms with E-state index in [4.69, 9.17) is 9.47 Å². The second-order valence-electron chi connectivity index (χ2n) is 7.12. The van der Waals surface area contributed by atoms with Crippen LogP contribution < -0.4 is 10.6 Å². The molecule has 5 nitrogen and oxygen atoms in total. The summed E-state index contributed by atoms with van der Waals surface area (Å²) in [7, 11) is 0. The number of nitrogens with zero attached hydrogens (tertiary/aromatic N) is 1. The second kappa shape index (κ2) is 14.9. The molecule has 0 unspecified atom stereocenters. The van der Waals surface area contributed by atoms with E-state index in [1.54, 1.807) is 0 Å². The molecule has 1 aliphatic heterocycles. The number of guanidine groups is 1. The van der Waals surface area contributed by atoms with Crippen LogP contribution in [0.1, 0.15) is 37.3 Å². The summed E-state index contributed by atoms with van der Waals surface area (Å²) in [6, 6.07) is 5.28. The van der Waals surface area contributed by atoms with Crippen LogP contribution in [-0.2, 0) is 22.1 Å². The fraction of sp³-hybridized carbons (Fsp3) is 0.667. The highest BCUT2D eigenvalue weighted by Crippen LogP contribution is 2.29. The van der Waals surface area contributed by atoms with Gasteiger partial charge in [0.15, 0.2) is 5.96 Å². The maximum absolute atomic E-state index is 12.6. The van der Waals surface area contributed by atoms with E-state index in [1.807, 2.05) is 6.92 Å². The Morgan fingerprint density at radius 3 is 2.50 bits per heavy atom. The fourth-order valence-electron chi connectivity index (χ4n) is 3.05. The van der Waals surface area contributed by atoms with Gasteiger partial charge in [0.25, 0.3) is 0 Å². The Bertz CT molecular complexity index is 607. The van der Waals surface area contributed by atoms with Gasteiger partial charge >= 0.3 is 6.18 Å². The Hall–Kier alpha value is -1.07. The van der Waals surface area contributed by atoms with Crippen molar-refractivity contribution in [2.45, 2.75) is 38.8 Å². The van der Waals surface area contributed by atoms with Gasteiger partial charge in [-0.1, -0.05) is 12.1 Å². The predicted octanol–water partition coefficient (Wildman–Crippen LogP) is 4.25. The zero-order valence-electron chi connectivity index (χ0n) is 17.5. The number of halogens is 4. The van der Waals surface area contributed by atoms with Gasteiger partial charge in [-0.3, -0.25) is 4.99 Å².